The van der Waals surface area contributed by atoms with E-state index in [2.05, 4.69) is 42.5 Å². The highest BCUT2D eigenvalue weighted by molar-refractivity contribution is 9.14. The van der Waals surface area contributed by atoms with Crippen LogP contribution < -0.4 is 16.0 Å². The van der Waals surface area contributed by atoms with E-state index >= 15 is 0 Å². The second-order valence-corrected chi connectivity index (χ2v) is 21.6. The van der Waals surface area contributed by atoms with Gasteiger partial charge in [-0.1, -0.05) is 13.3 Å². The van der Waals surface area contributed by atoms with Crippen LogP contribution in [0.2, 0.25) is 0 Å². The number of ether oxygens (including phenoxy) is 5. The van der Waals surface area contributed by atoms with Gasteiger partial charge in [0.25, 0.3) is 11.8 Å². The minimum Gasteiger partial charge on any atom is -0.480 e. The fourth-order valence-electron chi connectivity index (χ4n) is 6.51. The van der Waals surface area contributed by atoms with Crippen LogP contribution >= 0.6 is 47.1 Å². The molecule has 33 heteroatoms. The Balaban J connectivity index is 1.92. The molecule has 0 saturated carbocycles. The quantitative estimate of drug-likeness (QED) is 0.0123. The third-order valence-corrected chi connectivity index (χ3v) is 14.4. The fourth-order valence-corrected chi connectivity index (χ4v) is 8.61. The number of nitrogens with zero attached hydrogens (tertiary/aromatic N) is 1. The number of amides is 5. The molecule has 0 radical (unpaired) electrons. The van der Waals surface area contributed by atoms with E-state index in [0.29, 0.717) is 19.3 Å². The number of halogens is 2. The number of carboxylic acids is 1. The molecule has 2 aliphatic rings. The van der Waals surface area contributed by atoms with Gasteiger partial charge in [0.15, 0.2) is 18.6 Å². The standard InChI is InChI=1S/C38H64Br2N4O25P2/c1-19(7-15-70(59,60)61)27(47)29(49)31(51)37(58)67-17-20(33(53)43-21(36(56)57)18-68-38-32(52)30(50)28(48)22(69-38)8-16-71(62,63)64)42-24(46)6-11-65-13-14-66-12-9-41-23(45)5-3-2-4-10-44-34(54)25(39)26(40)35(44)55/h19-22,27-32,37-38,47-52,58H,2-18H2,1H3,(H,41,45)(H,42,46)(H,43,53)(H,56,57)(H2,59,60,61)(H2,62,63,64). The average molecular weight is 1200 g/mol. The Bertz CT molecular complexity index is 1870. The first-order chi connectivity index (χ1) is 33.1. The monoisotopic (exact) mass is 1200 g/mol. The summed E-state index contributed by atoms with van der Waals surface area (Å²) in [7, 11) is -9.11. The van der Waals surface area contributed by atoms with E-state index in [0.717, 1.165) is 4.90 Å². The van der Waals surface area contributed by atoms with Gasteiger partial charge < -0.3 is 100 Å². The molecule has 0 aromatic rings. The molecular formula is C38H64Br2N4O25P2. The highest BCUT2D eigenvalue weighted by atomic mass is 79.9. The molecule has 2 aliphatic heterocycles. The highest BCUT2D eigenvalue weighted by Gasteiger charge is 2.45. The Morgan fingerprint density at radius 1 is 0.732 bits per heavy atom. The molecule has 2 rings (SSSR count). The van der Waals surface area contributed by atoms with Crippen LogP contribution in [0.1, 0.15) is 51.9 Å². The predicted molar refractivity (Wildman–Crippen MR) is 246 cm³/mol. The second-order valence-electron chi connectivity index (χ2n) is 16.4. The lowest BCUT2D eigenvalue weighted by molar-refractivity contribution is -0.297. The van der Waals surface area contributed by atoms with Crippen LogP contribution in [0.3, 0.4) is 0 Å². The maximum Gasteiger partial charge on any atom is 0.328 e. The molecule has 0 bridgehead atoms. The van der Waals surface area contributed by atoms with E-state index in [-0.39, 0.29) is 67.2 Å². The number of aliphatic hydroxyl groups excluding tert-OH is 7. The minimum atomic E-state index is -4.61. The summed E-state index contributed by atoms with van der Waals surface area (Å²) in [5.41, 5.74) is 0. The zero-order valence-corrected chi connectivity index (χ0v) is 43.2. The van der Waals surface area contributed by atoms with Gasteiger partial charge >= 0.3 is 21.2 Å². The van der Waals surface area contributed by atoms with Gasteiger partial charge in [0.2, 0.25) is 17.7 Å². The predicted octanol–water partition coefficient (Wildman–Crippen LogP) is -4.48. The van der Waals surface area contributed by atoms with Gasteiger partial charge in [-0.05, 0) is 63.5 Å². The van der Waals surface area contributed by atoms with E-state index < -0.39 is 156 Å². The first-order valence-electron chi connectivity index (χ1n) is 22.0. The van der Waals surface area contributed by atoms with Crippen molar-refractivity contribution in [3.05, 3.63) is 8.96 Å². The number of carbonyl (C=O) groups excluding carboxylic acids is 5. The second kappa shape index (κ2) is 31.4. The lowest BCUT2D eigenvalue weighted by Gasteiger charge is -2.40. The van der Waals surface area contributed by atoms with E-state index in [1.54, 1.807) is 0 Å². The Kier molecular flexibility index (Phi) is 28.6. The molecule has 12 atom stereocenters. The number of nitrogens with one attached hydrogen (secondary N) is 3. The number of aliphatic hydroxyl groups is 7. The van der Waals surface area contributed by atoms with Crippen LogP contribution in [0.5, 0.6) is 0 Å². The van der Waals surface area contributed by atoms with E-state index in [1.807, 2.05) is 5.32 Å². The van der Waals surface area contributed by atoms with Crippen LogP contribution in [-0.2, 0) is 61.6 Å². The molecule has 29 nitrogen and oxygen atoms in total. The van der Waals surface area contributed by atoms with Crippen molar-refractivity contribution in [3.63, 3.8) is 0 Å². The molecule has 2 heterocycles. The van der Waals surface area contributed by atoms with Crippen molar-refractivity contribution in [1.82, 2.24) is 20.9 Å². The smallest absolute Gasteiger partial charge is 0.328 e. The van der Waals surface area contributed by atoms with Crippen LogP contribution in [0.25, 0.3) is 0 Å². The number of carboxylic acid groups (broad SMARTS) is 1. The molecule has 410 valence electrons. The molecule has 1 saturated heterocycles. The summed E-state index contributed by atoms with van der Waals surface area (Å²) >= 11 is 6.12. The van der Waals surface area contributed by atoms with Gasteiger partial charge in [0, 0.05) is 25.9 Å². The van der Waals surface area contributed by atoms with Crippen molar-refractivity contribution in [2.75, 3.05) is 65.1 Å². The molecular weight excluding hydrogens is 1130 g/mol. The summed E-state index contributed by atoms with van der Waals surface area (Å²) in [5.74, 6) is -6.14. The van der Waals surface area contributed by atoms with Gasteiger partial charge in [-0.15, -0.1) is 0 Å². The van der Waals surface area contributed by atoms with Gasteiger partial charge in [-0.25, -0.2) is 4.79 Å². The van der Waals surface area contributed by atoms with Gasteiger partial charge in [-0.3, -0.25) is 38.0 Å². The Morgan fingerprint density at radius 3 is 1.93 bits per heavy atom. The van der Waals surface area contributed by atoms with Crippen molar-refractivity contribution >= 4 is 82.6 Å². The van der Waals surface area contributed by atoms with Crippen LogP contribution in [0, 0.1) is 5.92 Å². The summed E-state index contributed by atoms with van der Waals surface area (Å²) in [4.78, 5) is 113. The summed E-state index contributed by atoms with van der Waals surface area (Å²) in [6.07, 6.45) is -18.9. The molecule has 71 heavy (non-hydrogen) atoms. The van der Waals surface area contributed by atoms with Gasteiger partial charge in [0.1, 0.15) is 45.5 Å². The molecule has 0 aromatic heterocycles. The third-order valence-electron chi connectivity index (χ3n) is 10.7. The molecule has 12 unspecified atom stereocenters. The van der Waals surface area contributed by atoms with E-state index in [1.165, 1.54) is 6.92 Å². The van der Waals surface area contributed by atoms with Crippen molar-refractivity contribution in [1.29, 1.82) is 0 Å². The average Bonchev–Trinajstić information content (AvgIpc) is 3.48. The Labute approximate surface area is 423 Å². The largest absolute Gasteiger partial charge is 0.480 e. The van der Waals surface area contributed by atoms with Crippen molar-refractivity contribution in [2.24, 2.45) is 5.92 Å². The first-order valence-corrected chi connectivity index (χ1v) is 27.1. The molecule has 1 fully saturated rings. The number of carbonyl (C=O) groups is 6. The first kappa shape index (κ1) is 64.7. The maximum absolute atomic E-state index is 13.5. The molecule has 0 aliphatic carbocycles. The Morgan fingerprint density at radius 2 is 1.34 bits per heavy atom. The van der Waals surface area contributed by atoms with Crippen molar-refractivity contribution in [2.45, 2.75) is 119 Å². The van der Waals surface area contributed by atoms with Gasteiger partial charge in [0.05, 0.1) is 64.2 Å². The lowest BCUT2D eigenvalue weighted by Crippen LogP contribution is -2.59. The summed E-state index contributed by atoms with van der Waals surface area (Å²) < 4.78 is 49.4. The number of imide groups is 1. The number of rotatable bonds is 35. The Hall–Kier alpha value is -2.46. The number of hydrogen-bond donors (Lipinski definition) is 15. The van der Waals surface area contributed by atoms with Gasteiger partial charge in [-0.2, -0.15) is 0 Å². The zero-order valence-electron chi connectivity index (χ0n) is 38.2. The van der Waals surface area contributed by atoms with E-state index in [9.17, 15) is 88.5 Å². The third kappa shape index (κ3) is 23.3. The SMILES string of the molecule is CC(CCP(=O)(O)O)C(O)C(O)C(O)C(O)OCC(NC(=O)CCOCCOCCNC(=O)CCCCCN1C(=O)C(Br)=C(Br)C1=O)C(=O)NC(COC1OC(CCP(=O)(O)O)C(O)C(O)C1O)C(=O)O. The van der Waals surface area contributed by atoms with Crippen molar-refractivity contribution in [3.8, 4) is 0 Å². The topological polar surface area (TPSA) is 465 Å². The summed E-state index contributed by atoms with van der Waals surface area (Å²) in [6, 6.07) is -3.93. The van der Waals surface area contributed by atoms with Crippen LogP contribution in [0.4, 0.5) is 0 Å². The maximum atomic E-state index is 13.5. The van der Waals surface area contributed by atoms with Crippen molar-refractivity contribution < 1.29 is 122 Å². The lowest BCUT2D eigenvalue weighted by atomic mass is 9.94. The van der Waals surface area contributed by atoms with E-state index in [4.69, 9.17) is 33.5 Å². The zero-order chi connectivity index (χ0) is 53.8. The molecule has 5 amide bonds. The number of hydrogen-bond acceptors (Lipinski definition) is 20. The normalized spacial score (nSPS) is 22.9. The summed E-state index contributed by atoms with van der Waals surface area (Å²) in [5, 5.41) is 89.6. The fraction of sp³-hybridized carbons (Fsp3) is 0.789. The van der Waals surface area contributed by atoms with Crippen LogP contribution in [-0.4, -0.2) is 233 Å². The highest BCUT2D eigenvalue weighted by Crippen LogP contribution is 2.38. The number of unbranched alkanes of at least 4 members (excludes halogenated alkanes) is 2. The van der Waals surface area contributed by atoms with Crippen LogP contribution in [0.15, 0.2) is 8.96 Å². The summed E-state index contributed by atoms with van der Waals surface area (Å²) in [6.45, 7) is -0.563. The molecule has 0 spiro atoms. The minimum absolute atomic E-state index is 0.0315. The number of aliphatic carboxylic acids is 1. The molecule has 15 N–H and O–H groups in total. The molecule has 0 aromatic carbocycles.